The third kappa shape index (κ3) is 8.59. The summed E-state index contributed by atoms with van der Waals surface area (Å²) in [5, 5.41) is 24.0. The second kappa shape index (κ2) is 13.9. The molecule has 0 saturated heterocycles. The van der Waals surface area contributed by atoms with Gasteiger partial charge in [0, 0.05) is 31.8 Å². The van der Waals surface area contributed by atoms with Crippen molar-refractivity contribution in [2.45, 2.75) is 12.2 Å². The molecule has 0 bridgehead atoms. The summed E-state index contributed by atoms with van der Waals surface area (Å²) in [6.07, 6.45) is -2.42. The number of hydrogen-bond acceptors (Lipinski definition) is 10. The lowest BCUT2D eigenvalue weighted by Crippen LogP contribution is -2.27. The van der Waals surface area contributed by atoms with E-state index in [1.54, 1.807) is 0 Å². The standard InChI is InChI=1S/C14H13N13O6/c15-23-19-4-9(5-20-24-16)32-13(28)11-2-1-8(27(30)31)3-12(11)14(29)33-10(6-21-25-17)7-22-26-18/h1-3,9-10H,4-7H2. The van der Waals surface area contributed by atoms with Gasteiger partial charge >= 0.3 is 11.9 Å². The smallest absolute Gasteiger partial charge is 0.339 e. The molecule has 1 aromatic carbocycles. The minimum atomic E-state index is -1.24. The van der Waals surface area contributed by atoms with Crippen LogP contribution < -0.4 is 0 Å². The average molecular weight is 459 g/mol. The van der Waals surface area contributed by atoms with Crippen LogP contribution in [0, 0.1) is 10.1 Å². The number of azide groups is 4. The average Bonchev–Trinajstić information content (AvgIpc) is 2.81. The third-order valence-electron chi connectivity index (χ3n) is 3.60. The van der Waals surface area contributed by atoms with Crippen molar-refractivity contribution in [3.8, 4) is 0 Å². The Bertz CT molecular complexity index is 1060. The number of hydrogen-bond donors (Lipinski definition) is 0. The largest absolute Gasteiger partial charge is 0.458 e. The summed E-state index contributed by atoms with van der Waals surface area (Å²) in [5.74, 6) is -2.40. The quantitative estimate of drug-likeness (QED) is 0.105. The molecular formula is C14H13N13O6. The second-order valence-electron chi connectivity index (χ2n) is 5.70. The highest BCUT2D eigenvalue weighted by Gasteiger charge is 2.26. The fraction of sp³-hybridized carbons (Fsp3) is 0.429. The Kier molecular flexibility index (Phi) is 10.9. The second-order valence-corrected chi connectivity index (χ2v) is 5.70. The maximum atomic E-state index is 12.7. The van der Waals surface area contributed by atoms with Gasteiger partial charge in [-0.15, -0.1) is 0 Å². The highest BCUT2D eigenvalue weighted by atomic mass is 16.6. The van der Waals surface area contributed by atoms with Crippen molar-refractivity contribution in [1.29, 1.82) is 0 Å². The first-order chi connectivity index (χ1) is 15.9. The van der Waals surface area contributed by atoms with E-state index in [4.69, 9.17) is 31.6 Å². The molecule has 0 fully saturated rings. The molecule has 0 N–H and O–H groups in total. The summed E-state index contributed by atoms with van der Waals surface area (Å²) in [6.45, 7) is -1.63. The van der Waals surface area contributed by atoms with Crippen molar-refractivity contribution in [2.24, 2.45) is 20.5 Å². The number of nitrogens with zero attached hydrogens (tertiary/aromatic N) is 13. The molecule has 1 rings (SSSR count). The summed E-state index contributed by atoms with van der Waals surface area (Å²) < 4.78 is 10.2. The number of benzene rings is 1. The monoisotopic (exact) mass is 459 g/mol. The van der Waals surface area contributed by atoms with E-state index in [2.05, 4.69) is 40.1 Å². The summed E-state index contributed by atoms with van der Waals surface area (Å²) in [7, 11) is 0. The van der Waals surface area contributed by atoms with Crippen molar-refractivity contribution >= 4 is 17.6 Å². The van der Waals surface area contributed by atoms with Gasteiger partial charge in [0.1, 0.15) is 12.2 Å². The van der Waals surface area contributed by atoms with E-state index >= 15 is 0 Å². The molecule has 1 aromatic rings. The van der Waals surface area contributed by atoms with Crippen LogP contribution in [0.1, 0.15) is 20.7 Å². The van der Waals surface area contributed by atoms with Gasteiger partial charge < -0.3 is 9.47 Å². The first-order valence-electron chi connectivity index (χ1n) is 8.61. The molecule has 0 heterocycles. The topological polar surface area (TPSA) is 291 Å². The lowest BCUT2D eigenvalue weighted by atomic mass is 10.1. The SMILES string of the molecule is [N-]=[N+]=NCC(CN=[N+]=[N-])OC(=O)c1ccc([N+](=O)[O-])cc1C(=O)OC(CN=[N+]=[N-])CN=[N+]=[N-]. The Labute approximate surface area is 182 Å². The third-order valence-corrected chi connectivity index (χ3v) is 3.60. The molecule has 0 unspecified atom stereocenters. The van der Waals surface area contributed by atoms with Gasteiger partial charge in [0.25, 0.3) is 5.69 Å². The zero-order valence-corrected chi connectivity index (χ0v) is 16.5. The van der Waals surface area contributed by atoms with Crippen LogP contribution in [0.25, 0.3) is 41.8 Å². The minimum absolute atomic E-state index is 0.394. The lowest BCUT2D eigenvalue weighted by Gasteiger charge is -2.17. The molecule has 19 heteroatoms. The molecule has 0 aliphatic rings. The predicted octanol–water partition coefficient (Wildman–Crippen LogP) is 3.89. The molecule has 0 atom stereocenters. The number of carbonyl (C=O) groups excluding carboxylic acids is 2. The van der Waals surface area contributed by atoms with Crippen LogP contribution in [-0.2, 0) is 9.47 Å². The lowest BCUT2D eigenvalue weighted by molar-refractivity contribution is -0.384. The fourth-order valence-electron chi connectivity index (χ4n) is 2.20. The molecule has 0 aliphatic carbocycles. The minimum Gasteiger partial charge on any atom is -0.458 e. The Morgan fingerprint density at radius 1 is 0.818 bits per heavy atom. The normalized spacial score (nSPS) is 11.2. The van der Waals surface area contributed by atoms with E-state index in [1.807, 2.05) is 0 Å². The molecule has 0 radical (unpaired) electrons. The number of non-ortho nitro benzene ring substituents is 1. The molecule has 33 heavy (non-hydrogen) atoms. The van der Waals surface area contributed by atoms with Crippen LogP contribution in [0.5, 0.6) is 0 Å². The Morgan fingerprint density at radius 2 is 1.21 bits per heavy atom. The first kappa shape index (κ1) is 25.8. The Morgan fingerprint density at radius 3 is 1.58 bits per heavy atom. The molecule has 0 spiro atoms. The van der Waals surface area contributed by atoms with Gasteiger partial charge in [0.15, 0.2) is 0 Å². The number of carbonyl (C=O) groups is 2. The zero-order chi connectivity index (χ0) is 24.6. The molecule has 0 amide bonds. The summed E-state index contributed by atoms with van der Waals surface area (Å²) >= 11 is 0. The van der Waals surface area contributed by atoms with E-state index in [9.17, 15) is 19.7 Å². The van der Waals surface area contributed by atoms with Crippen molar-refractivity contribution in [2.75, 3.05) is 26.2 Å². The molecular weight excluding hydrogens is 446 g/mol. The predicted molar refractivity (Wildman–Crippen MR) is 108 cm³/mol. The van der Waals surface area contributed by atoms with E-state index in [0.717, 1.165) is 18.2 Å². The highest BCUT2D eigenvalue weighted by Crippen LogP contribution is 2.21. The highest BCUT2D eigenvalue weighted by molar-refractivity contribution is 6.03. The van der Waals surface area contributed by atoms with Crippen LogP contribution >= 0.6 is 0 Å². The number of esters is 2. The van der Waals surface area contributed by atoms with Crippen LogP contribution in [-0.4, -0.2) is 55.2 Å². The van der Waals surface area contributed by atoms with Gasteiger partial charge in [0.05, 0.1) is 42.2 Å². The zero-order valence-electron chi connectivity index (χ0n) is 16.5. The Hall–Kier alpha value is -5.20. The van der Waals surface area contributed by atoms with E-state index in [0.29, 0.717) is 0 Å². The molecule has 0 aromatic heterocycles. The van der Waals surface area contributed by atoms with Gasteiger partial charge in [-0.2, -0.15) is 0 Å². The van der Waals surface area contributed by atoms with Gasteiger partial charge in [-0.05, 0) is 28.2 Å². The number of nitro benzene ring substituents is 1. The van der Waals surface area contributed by atoms with Crippen molar-refractivity contribution < 1.29 is 24.0 Å². The van der Waals surface area contributed by atoms with Gasteiger partial charge in [-0.25, -0.2) is 9.59 Å². The van der Waals surface area contributed by atoms with Crippen LogP contribution in [0.15, 0.2) is 38.7 Å². The van der Waals surface area contributed by atoms with E-state index < -0.39 is 72.1 Å². The van der Waals surface area contributed by atoms with Crippen molar-refractivity contribution in [3.63, 3.8) is 0 Å². The number of ether oxygens (including phenoxy) is 2. The van der Waals surface area contributed by atoms with Crippen LogP contribution in [0.2, 0.25) is 0 Å². The van der Waals surface area contributed by atoms with Gasteiger partial charge in [0.2, 0.25) is 0 Å². The maximum absolute atomic E-state index is 12.7. The molecule has 0 aliphatic heterocycles. The number of rotatable bonds is 13. The van der Waals surface area contributed by atoms with Gasteiger partial charge in [-0.3, -0.25) is 10.1 Å². The van der Waals surface area contributed by atoms with Crippen molar-refractivity contribution in [3.05, 3.63) is 81.2 Å². The van der Waals surface area contributed by atoms with Crippen LogP contribution in [0.3, 0.4) is 0 Å². The summed E-state index contributed by atoms with van der Waals surface area (Å²) in [5.41, 5.74) is 32.1. The summed E-state index contributed by atoms with van der Waals surface area (Å²) in [6, 6.07) is 2.62. The van der Waals surface area contributed by atoms with E-state index in [-0.39, 0.29) is 0 Å². The molecule has 19 nitrogen and oxygen atoms in total. The van der Waals surface area contributed by atoms with E-state index in [1.165, 1.54) is 0 Å². The Balaban J connectivity index is 3.31. The maximum Gasteiger partial charge on any atom is 0.339 e. The van der Waals surface area contributed by atoms with Gasteiger partial charge in [-0.1, -0.05) is 20.5 Å². The number of nitro groups is 1. The van der Waals surface area contributed by atoms with Crippen molar-refractivity contribution in [1.82, 2.24) is 0 Å². The molecule has 170 valence electrons. The first-order valence-corrected chi connectivity index (χ1v) is 8.61. The van der Waals surface area contributed by atoms with Crippen LogP contribution in [0.4, 0.5) is 5.69 Å². The molecule has 0 saturated carbocycles. The summed E-state index contributed by atoms with van der Waals surface area (Å²) in [4.78, 5) is 45.6. The fourth-order valence-corrected chi connectivity index (χ4v) is 2.20.